The summed E-state index contributed by atoms with van der Waals surface area (Å²) in [6.45, 7) is 0.122. The molecule has 0 aliphatic carbocycles. The van der Waals surface area contributed by atoms with Crippen LogP contribution < -0.4 is 10.6 Å². The van der Waals surface area contributed by atoms with Crippen molar-refractivity contribution in [2.45, 2.75) is 31.0 Å². The predicted molar refractivity (Wildman–Crippen MR) is 110 cm³/mol. The summed E-state index contributed by atoms with van der Waals surface area (Å²) in [5, 5.41) is 15.2. The molecule has 0 saturated carbocycles. The van der Waals surface area contributed by atoms with Crippen LogP contribution >= 0.6 is 0 Å². The van der Waals surface area contributed by atoms with Crippen LogP contribution in [0.2, 0.25) is 0 Å². The first-order valence-corrected chi connectivity index (χ1v) is 10.2. The zero-order valence-electron chi connectivity index (χ0n) is 16.6. The fourth-order valence-corrected chi connectivity index (χ4v) is 5.27. The molecule has 3 heterocycles. The third-order valence-electron chi connectivity index (χ3n) is 6.57. The summed E-state index contributed by atoms with van der Waals surface area (Å²) in [6, 6.07) is 15.7. The lowest BCUT2D eigenvalue weighted by molar-refractivity contribution is -0.144. The van der Waals surface area contributed by atoms with Gasteiger partial charge in [-0.05, 0) is 18.1 Å². The van der Waals surface area contributed by atoms with Crippen LogP contribution in [0.25, 0.3) is 0 Å². The number of hydrogen-bond donors (Lipinski definition) is 3. The van der Waals surface area contributed by atoms with E-state index in [4.69, 9.17) is 0 Å². The van der Waals surface area contributed by atoms with Gasteiger partial charge in [0.05, 0.1) is 18.4 Å². The fourth-order valence-electron chi connectivity index (χ4n) is 5.27. The number of carboxylic acid groups (broad SMARTS) is 1. The Morgan fingerprint density at radius 3 is 2.45 bits per heavy atom. The molecule has 8 heteroatoms. The molecule has 3 amide bonds. The summed E-state index contributed by atoms with van der Waals surface area (Å²) in [7, 11) is 0. The lowest BCUT2D eigenvalue weighted by Gasteiger charge is -2.29. The minimum Gasteiger partial charge on any atom is -0.481 e. The van der Waals surface area contributed by atoms with Crippen LogP contribution in [0.5, 0.6) is 0 Å². The van der Waals surface area contributed by atoms with Crippen molar-refractivity contribution in [1.29, 1.82) is 0 Å². The first kappa shape index (κ1) is 19.4. The number of fused-ring (bicyclic) bond motifs is 4. The quantitative estimate of drug-likeness (QED) is 0.632. The molecule has 158 valence electrons. The van der Waals surface area contributed by atoms with Crippen LogP contribution in [0.1, 0.15) is 24.0 Å². The zero-order valence-corrected chi connectivity index (χ0v) is 16.6. The molecule has 2 aromatic carbocycles. The van der Waals surface area contributed by atoms with E-state index in [2.05, 4.69) is 10.6 Å². The number of aliphatic carboxylic acids is 1. The van der Waals surface area contributed by atoms with Crippen molar-refractivity contribution < 1.29 is 24.3 Å². The van der Waals surface area contributed by atoms with Gasteiger partial charge < -0.3 is 10.4 Å². The number of rotatable bonds is 5. The van der Waals surface area contributed by atoms with E-state index in [1.165, 1.54) is 4.90 Å². The van der Waals surface area contributed by atoms with Crippen LogP contribution in [-0.2, 0) is 31.3 Å². The molecule has 2 fully saturated rings. The van der Waals surface area contributed by atoms with Crippen molar-refractivity contribution in [2.75, 3.05) is 5.32 Å². The largest absolute Gasteiger partial charge is 0.481 e. The van der Waals surface area contributed by atoms with Crippen molar-refractivity contribution in [3.05, 3.63) is 65.7 Å². The first-order valence-electron chi connectivity index (χ1n) is 10.2. The van der Waals surface area contributed by atoms with Gasteiger partial charge in [-0.15, -0.1) is 0 Å². The highest BCUT2D eigenvalue weighted by Crippen LogP contribution is 2.53. The maximum atomic E-state index is 13.6. The number of carbonyl (C=O) groups is 4. The van der Waals surface area contributed by atoms with Crippen LogP contribution in [0.3, 0.4) is 0 Å². The molecule has 3 aliphatic heterocycles. The molecule has 4 unspecified atom stereocenters. The summed E-state index contributed by atoms with van der Waals surface area (Å²) in [5.41, 5.74) is 0.641. The Bertz CT molecular complexity index is 1100. The van der Waals surface area contributed by atoms with E-state index < -0.39 is 35.3 Å². The van der Waals surface area contributed by atoms with E-state index in [0.29, 0.717) is 11.3 Å². The number of imide groups is 1. The minimum atomic E-state index is -1.39. The topological polar surface area (TPSA) is 116 Å². The number of anilines is 1. The zero-order chi connectivity index (χ0) is 21.8. The molecular formula is C23H21N3O5. The third kappa shape index (κ3) is 2.79. The molecular weight excluding hydrogens is 398 g/mol. The van der Waals surface area contributed by atoms with Gasteiger partial charge in [-0.1, -0.05) is 48.5 Å². The van der Waals surface area contributed by atoms with Gasteiger partial charge in [0.2, 0.25) is 17.7 Å². The van der Waals surface area contributed by atoms with Gasteiger partial charge in [-0.25, -0.2) is 0 Å². The van der Waals surface area contributed by atoms with E-state index in [1.807, 2.05) is 30.3 Å². The Morgan fingerprint density at radius 2 is 1.71 bits per heavy atom. The molecule has 8 nitrogen and oxygen atoms in total. The Morgan fingerprint density at radius 1 is 1.00 bits per heavy atom. The van der Waals surface area contributed by atoms with E-state index in [0.717, 1.165) is 5.56 Å². The molecule has 2 saturated heterocycles. The highest BCUT2D eigenvalue weighted by Gasteiger charge is 2.70. The third-order valence-corrected chi connectivity index (χ3v) is 6.57. The molecule has 0 bridgehead atoms. The van der Waals surface area contributed by atoms with E-state index in [1.54, 1.807) is 24.3 Å². The standard InChI is InChI=1S/C23H21N3O5/c27-17(28)11-10-16-18-19(21(30)26(20(18)29)12-13-6-2-1-3-7-13)23(25-16)14-8-4-5-9-15(14)24-22(23)31/h1-9,16,18-19,25H,10-12H2,(H,24,31)(H,27,28). The molecule has 1 spiro atoms. The number of nitrogens with zero attached hydrogens (tertiary/aromatic N) is 1. The van der Waals surface area contributed by atoms with Gasteiger partial charge in [0.25, 0.3) is 0 Å². The number of benzene rings is 2. The molecule has 0 aromatic heterocycles. The summed E-state index contributed by atoms with van der Waals surface area (Å²) in [5.74, 6) is -3.87. The summed E-state index contributed by atoms with van der Waals surface area (Å²) < 4.78 is 0. The smallest absolute Gasteiger partial charge is 0.303 e. The van der Waals surface area contributed by atoms with Crippen molar-refractivity contribution in [1.82, 2.24) is 10.2 Å². The number of hydrogen-bond acceptors (Lipinski definition) is 5. The predicted octanol–water partition coefficient (Wildman–Crippen LogP) is 1.47. The Hall–Kier alpha value is -3.52. The molecule has 5 rings (SSSR count). The van der Waals surface area contributed by atoms with Gasteiger partial charge in [0.15, 0.2) is 0 Å². The van der Waals surface area contributed by atoms with Crippen LogP contribution in [0.15, 0.2) is 54.6 Å². The number of nitrogens with one attached hydrogen (secondary N) is 2. The van der Waals surface area contributed by atoms with Crippen LogP contribution in [0, 0.1) is 11.8 Å². The normalized spacial score (nSPS) is 28.7. The second-order valence-electron chi connectivity index (χ2n) is 8.24. The Balaban J connectivity index is 1.58. The van der Waals surface area contributed by atoms with Crippen LogP contribution in [0.4, 0.5) is 5.69 Å². The summed E-state index contributed by atoms with van der Waals surface area (Å²) in [6.07, 6.45) is -0.0215. The van der Waals surface area contributed by atoms with Gasteiger partial charge in [0, 0.05) is 23.7 Å². The summed E-state index contributed by atoms with van der Waals surface area (Å²) in [4.78, 5) is 52.6. The number of amides is 3. The van der Waals surface area contributed by atoms with Gasteiger partial charge in [-0.2, -0.15) is 0 Å². The number of carboxylic acids is 1. The Labute approximate surface area is 178 Å². The fraction of sp³-hybridized carbons (Fsp3) is 0.304. The molecule has 3 N–H and O–H groups in total. The molecule has 4 atom stereocenters. The van der Waals surface area contributed by atoms with E-state index >= 15 is 0 Å². The number of carbonyl (C=O) groups excluding carboxylic acids is 3. The van der Waals surface area contributed by atoms with Crippen molar-refractivity contribution in [3.8, 4) is 0 Å². The SMILES string of the molecule is O=C(O)CCC1NC2(C(=O)Nc3ccccc32)C2C(=O)N(Cc3ccccc3)C(=O)C12. The molecule has 31 heavy (non-hydrogen) atoms. The average molecular weight is 419 g/mol. The number of para-hydroxylation sites is 1. The summed E-state index contributed by atoms with van der Waals surface area (Å²) >= 11 is 0. The van der Waals surface area contributed by atoms with Crippen molar-refractivity contribution in [2.24, 2.45) is 11.8 Å². The second kappa shape index (κ2) is 7.02. The lowest BCUT2D eigenvalue weighted by Crippen LogP contribution is -2.53. The Kier molecular flexibility index (Phi) is 4.40. The van der Waals surface area contributed by atoms with Crippen LogP contribution in [-0.4, -0.2) is 39.7 Å². The first-order chi connectivity index (χ1) is 14.9. The van der Waals surface area contributed by atoms with E-state index in [-0.39, 0.29) is 31.2 Å². The van der Waals surface area contributed by atoms with E-state index in [9.17, 15) is 24.3 Å². The molecule has 3 aliphatic rings. The van der Waals surface area contributed by atoms with Gasteiger partial charge in [-0.3, -0.25) is 29.4 Å². The maximum Gasteiger partial charge on any atom is 0.303 e. The minimum absolute atomic E-state index is 0.122. The average Bonchev–Trinajstić information content (AvgIpc) is 3.34. The second-order valence-corrected chi connectivity index (χ2v) is 8.24. The lowest BCUT2D eigenvalue weighted by atomic mass is 9.76. The van der Waals surface area contributed by atoms with Gasteiger partial charge >= 0.3 is 5.97 Å². The van der Waals surface area contributed by atoms with Gasteiger partial charge in [0.1, 0.15) is 5.54 Å². The monoisotopic (exact) mass is 419 g/mol. The van der Waals surface area contributed by atoms with Crippen molar-refractivity contribution >= 4 is 29.4 Å². The van der Waals surface area contributed by atoms with Crippen molar-refractivity contribution in [3.63, 3.8) is 0 Å². The number of likely N-dealkylation sites (tertiary alicyclic amines) is 1. The highest BCUT2D eigenvalue weighted by atomic mass is 16.4. The highest BCUT2D eigenvalue weighted by molar-refractivity contribution is 6.15. The molecule has 0 radical (unpaired) electrons. The molecule has 2 aromatic rings. The maximum absolute atomic E-state index is 13.6.